The molecule has 160 valence electrons. The van der Waals surface area contributed by atoms with E-state index in [2.05, 4.69) is 15.4 Å². The van der Waals surface area contributed by atoms with Crippen molar-refractivity contribution in [2.45, 2.75) is 58.1 Å². The van der Waals surface area contributed by atoms with Crippen LogP contribution in [0.4, 0.5) is 13.6 Å². The highest BCUT2D eigenvalue weighted by atomic mass is 19.3. The van der Waals surface area contributed by atoms with E-state index >= 15 is 0 Å². The predicted molar refractivity (Wildman–Crippen MR) is 103 cm³/mol. The molecule has 1 heterocycles. The topological polar surface area (TPSA) is 87.7 Å². The SMILES string of the molecule is CCCC1(CCC)NC(=O)N(CC(=O)NCCc2ccc(OC(F)F)cc2)C1=O. The van der Waals surface area contributed by atoms with Crippen molar-refractivity contribution >= 4 is 17.8 Å². The Bertz CT molecular complexity index is 719. The Kier molecular flexibility index (Phi) is 7.92. The summed E-state index contributed by atoms with van der Waals surface area (Å²) in [7, 11) is 0. The smallest absolute Gasteiger partial charge is 0.387 e. The maximum Gasteiger partial charge on any atom is 0.387 e. The van der Waals surface area contributed by atoms with Gasteiger partial charge in [-0.2, -0.15) is 8.78 Å². The van der Waals surface area contributed by atoms with Crippen LogP contribution in [0.15, 0.2) is 24.3 Å². The van der Waals surface area contributed by atoms with Crippen molar-refractivity contribution in [3.63, 3.8) is 0 Å². The van der Waals surface area contributed by atoms with Gasteiger partial charge in [-0.1, -0.05) is 38.8 Å². The number of carbonyl (C=O) groups is 3. The maximum atomic E-state index is 12.8. The highest BCUT2D eigenvalue weighted by molar-refractivity contribution is 6.09. The third-order valence-electron chi connectivity index (χ3n) is 4.79. The van der Waals surface area contributed by atoms with Gasteiger partial charge in [0.25, 0.3) is 5.91 Å². The molecule has 0 spiro atoms. The first-order chi connectivity index (χ1) is 13.8. The van der Waals surface area contributed by atoms with E-state index in [1.54, 1.807) is 12.1 Å². The molecule has 0 saturated carbocycles. The second-order valence-corrected chi connectivity index (χ2v) is 7.03. The van der Waals surface area contributed by atoms with Crippen LogP contribution in [-0.4, -0.2) is 48.0 Å². The summed E-state index contributed by atoms with van der Waals surface area (Å²) < 4.78 is 28.6. The predicted octanol–water partition coefficient (Wildman–Crippen LogP) is 2.84. The molecule has 0 aromatic heterocycles. The number of halogens is 2. The van der Waals surface area contributed by atoms with Gasteiger partial charge in [0.05, 0.1) is 0 Å². The fourth-order valence-corrected chi connectivity index (χ4v) is 3.52. The number of hydrogen-bond donors (Lipinski definition) is 2. The molecule has 1 aromatic rings. The van der Waals surface area contributed by atoms with Gasteiger partial charge in [-0.15, -0.1) is 0 Å². The highest BCUT2D eigenvalue weighted by Gasteiger charge is 2.50. The third-order valence-corrected chi connectivity index (χ3v) is 4.79. The lowest BCUT2D eigenvalue weighted by molar-refractivity contribution is -0.135. The molecule has 0 aliphatic carbocycles. The van der Waals surface area contributed by atoms with Gasteiger partial charge in [0.1, 0.15) is 17.8 Å². The molecule has 1 aliphatic rings. The summed E-state index contributed by atoms with van der Waals surface area (Å²) in [6.45, 7) is 0.962. The summed E-state index contributed by atoms with van der Waals surface area (Å²) in [6.07, 6.45) is 3.03. The Hall–Kier alpha value is -2.71. The molecule has 1 aliphatic heterocycles. The van der Waals surface area contributed by atoms with Crippen molar-refractivity contribution in [3.05, 3.63) is 29.8 Å². The lowest BCUT2D eigenvalue weighted by Crippen LogP contribution is -2.47. The van der Waals surface area contributed by atoms with Crippen LogP contribution in [0.1, 0.15) is 45.1 Å². The summed E-state index contributed by atoms with van der Waals surface area (Å²) in [5.74, 6) is -0.722. The molecular weight excluding hydrogens is 384 g/mol. The monoisotopic (exact) mass is 411 g/mol. The van der Waals surface area contributed by atoms with Crippen LogP contribution >= 0.6 is 0 Å². The molecule has 2 N–H and O–H groups in total. The zero-order chi connectivity index (χ0) is 21.4. The second kappa shape index (κ2) is 10.2. The quantitative estimate of drug-likeness (QED) is 0.548. The Morgan fingerprint density at radius 2 is 1.79 bits per heavy atom. The van der Waals surface area contributed by atoms with Gasteiger partial charge < -0.3 is 15.4 Å². The minimum absolute atomic E-state index is 0.0639. The lowest BCUT2D eigenvalue weighted by atomic mass is 9.88. The zero-order valence-electron chi connectivity index (χ0n) is 16.7. The summed E-state index contributed by atoms with van der Waals surface area (Å²) in [5, 5.41) is 5.44. The number of carbonyl (C=O) groups excluding carboxylic acids is 3. The Morgan fingerprint density at radius 1 is 1.17 bits per heavy atom. The molecule has 0 radical (unpaired) electrons. The van der Waals surface area contributed by atoms with Crippen LogP contribution in [0.5, 0.6) is 5.75 Å². The van der Waals surface area contributed by atoms with E-state index in [1.807, 2.05) is 13.8 Å². The summed E-state index contributed by atoms with van der Waals surface area (Å²) in [4.78, 5) is 38.2. The Balaban J connectivity index is 1.84. The number of urea groups is 1. The van der Waals surface area contributed by atoms with E-state index in [9.17, 15) is 23.2 Å². The van der Waals surface area contributed by atoms with E-state index in [-0.39, 0.29) is 24.7 Å². The van der Waals surface area contributed by atoms with E-state index < -0.39 is 24.1 Å². The van der Waals surface area contributed by atoms with E-state index in [1.165, 1.54) is 12.1 Å². The van der Waals surface area contributed by atoms with Gasteiger partial charge >= 0.3 is 12.6 Å². The van der Waals surface area contributed by atoms with Crippen molar-refractivity contribution < 1.29 is 27.9 Å². The average Bonchev–Trinajstić information content (AvgIpc) is 2.88. The van der Waals surface area contributed by atoms with Gasteiger partial charge in [-0.3, -0.25) is 14.5 Å². The van der Waals surface area contributed by atoms with Crippen LogP contribution in [-0.2, 0) is 16.0 Å². The van der Waals surface area contributed by atoms with Gasteiger partial charge in [-0.05, 0) is 37.0 Å². The molecule has 9 heteroatoms. The molecule has 1 saturated heterocycles. The van der Waals surface area contributed by atoms with Crippen LogP contribution in [0.25, 0.3) is 0 Å². The molecule has 7 nitrogen and oxygen atoms in total. The normalized spacial score (nSPS) is 15.6. The standard InChI is InChI=1S/C20H27F2N3O4/c1-3-10-20(11-4-2)17(27)25(19(28)24-20)13-16(26)23-12-9-14-5-7-15(8-6-14)29-18(21)22/h5-8,18H,3-4,9-13H2,1-2H3,(H,23,26)(H,24,28). The summed E-state index contributed by atoms with van der Waals surface area (Å²) >= 11 is 0. The molecule has 4 amide bonds. The number of alkyl halides is 2. The van der Waals surface area contributed by atoms with Crippen molar-refractivity contribution in [3.8, 4) is 5.75 Å². The van der Waals surface area contributed by atoms with Crippen LogP contribution < -0.4 is 15.4 Å². The highest BCUT2D eigenvalue weighted by Crippen LogP contribution is 2.27. The van der Waals surface area contributed by atoms with Gasteiger partial charge in [0, 0.05) is 6.54 Å². The molecule has 2 rings (SSSR count). The fourth-order valence-electron chi connectivity index (χ4n) is 3.52. The summed E-state index contributed by atoms with van der Waals surface area (Å²) in [5.41, 5.74) is -0.0880. The molecule has 0 unspecified atom stereocenters. The van der Waals surface area contributed by atoms with Gasteiger partial charge in [0.15, 0.2) is 0 Å². The fraction of sp³-hybridized carbons (Fsp3) is 0.550. The number of rotatable bonds is 11. The number of hydrogen-bond acceptors (Lipinski definition) is 4. The zero-order valence-corrected chi connectivity index (χ0v) is 16.7. The van der Waals surface area contributed by atoms with Gasteiger partial charge in [-0.25, -0.2) is 4.79 Å². The number of imide groups is 1. The molecular formula is C20H27F2N3O4. The largest absolute Gasteiger partial charge is 0.435 e. The number of nitrogens with zero attached hydrogens (tertiary/aromatic N) is 1. The number of amides is 4. The van der Waals surface area contributed by atoms with Crippen molar-refractivity contribution in [2.24, 2.45) is 0 Å². The molecule has 0 atom stereocenters. The Morgan fingerprint density at radius 3 is 2.34 bits per heavy atom. The van der Waals surface area contributed by atoms with E-state index in [0.29, 0.717) is 19.3 Å². The van der Waals surface area contributed by atoms with E-state index in [4.69, 9.17) is 0 Å². The number of ether oxygens (including phenoxy) is 1. The minimum atomic E-state index is -2.88. The number of benzene rings is 1. The van der Waals surface area contributed by atoms with Crippen LogP contribution in [0, 0.1) is 0 Å². The second-order valence-electron chi connectivity index (χ2n) is 7.03. The molecule has 29 heavy (non-hydrogen) atoms. The van der Waals surface area contributed by atoms with Crippen LogP contribution in [0.2, 0.25) is 0 Å². The van der Waals surface area contributed by atoms with Crippen LogP contribution in [0.3, 0.4) is 0 Å². The van der Waals surface area contributed by atoms with Crippen molar-refractivity contribution in [2.75, 3.05) is 13.1 Å². The first-order valence-corrected chi connectivity index (χ1v) is 9.76. The maximum absolute atomic E-state index is 12.8. The number of nitrogens with one attached hydrogen (secondary N) is 2. The molecule has 0 bridgehead atoms. The van der Waals surface area contributed by atoms with Gasteiger partial charge in [0.2, 0.25) is 5.91 Å². The van der Waals surface area contributed by atoms with E-state index in [0.717, 1.165) is 23.3 Å². The first-order valence-electron chi connectivity index (χ1n) is 9.76. The first kappa shape index (κ1) is 22.6. The Labute approximate surface area is 168 Å². The minimum Gasteiger partial charge on any atom is -0.435 e. The third kappa shape index (κ3) is 5.88. The average molecular weight is 411 g/mol. The molecule has 1 aromatic carbocycles. The lowest BCUT2D eigenvalue weighted by Gasteiger charge is -2.25. The van der Waals surface area contributed by atoms with Crippen molar-refractivity contribution in [1.82, 2.24) is 15.5 Å². The summed E-state index contributed by atoms with van der Waals surface area (Å²) in [6, 6.07) is 5.58. The van der Waals surface area contributed by atoms with Crippen molar-refractivity contribution in [1.29, 1.82) is 0 Å². The molecule has 1 fully saturated rings.